The normalized spacial score (nSPS) is 11.2. The number of carbonyl (C=O) groups excluding carboxylic acids is 1. The number of anilines is 1. The summed E-state index contributed by atoms with van der Waals surface area (Å²) in [4.78, 5) is 10.9. The van der Waals surface area contributed by atoms with Crippen LogP contribution in [0.25, 0.3) is 0 Å². The van der Waals surface area contributed by atoms with Crippen LogP contribution in [0.1, 0.15) is 31.2 Å². The highest BCUT2D eigenvalue weighted by atomic mass is 19.4. The van der Waals surface area contributed by atoms with Gasteiger partial charge in [0.05, 0.1) is 12.7 Å². The van der Waals surface area contributed by atoms with E-state index in [9.17, 15) is 18.0 Å². The van der Waals surface area contributed by atoms with Crippen LogP contribution in [0, 0.1) is 0 Å². The van der Waals surface area contributed by atoms with Gasteiger partial charge >= 0.3 is 12.1 Å². The molecule has 3 nitrogen and oxygen atoms in total. The fourth-order valence-corrected chi connectivity index (χ4v) is 1.78. The first kappa shape index (κ1) is 16.3. The number of halogens is 3. The number of benzene rings is 1. The summed E-state index contributed by atoms with van der Waals surface area (Å²) in [5.41, 5.74) is -0.567. The summed E-state index contributed by atoms with van der Waals surface area (Å²) in [6.07, 6.45) is -1.88. The third kappa shape index (κ3) is 5.50. The summed E-state index contributed by atoms with van der Waals surface area (Å²) in [6, 6.07) is 5.40. The summed E-state index contributed by atoms with van der Waals surface area (Å²) in [6.45, 7) is 0.439. The number of rotatable bonds is 7. The largest absolute Gasteiger partial charge is 0.469 e. The van der Waals surface area contributed by atoms with Crippen molar-refractivity contribution in [3.63, 3.8) is 0 Å². The van der Waals surface area contributed by atoms with Crippen LogP contribution in [0.5, 0.6) is 0 Å². The Labute approximate surface area is 116 Å². The highest BCUT2D eigenvalue weighted by molar-refractivity contribution is 5.68. The second-order valence-corrected chi connectivity index (χ2v) is 4.36. The van der Waals surface area contributed by atoms with E-state index in [1.807, 2.05) is 0 Å². The van der Waals surface area contributed by atoms with Gasteiger partial charge in [-0.25, -0.2) is 0 Å². The molecule has 0 unspecified atom stereocenters. The monoisotopic (exact) mass is 289 g/mol. The van der Waals surface area contributed by atoms with E-state index in [-0.39, 0.29) is 11.7 Å². The lowest BCUT2D eigenvalue weighted by atomic mass is 10.1. The molecule has 1 aromatic rings. The number of esters is 1. The topological polar surface area (TPSA) is 38.3 Å². The van der Waals surface area contributed by atoms with Gasteiger partial charge in [-0.2, -0.15) is 13.2 Å². The van der Waals surface area contributed by atoms with Crippen molar-refractivity contribution in [1.29, 1.82) is 0 Å². The van der Waals surface area contributed by atoms with Crippen LogP contribution >= 0.6 is 0 Å². The zero-order valence-corrected chi connectivity index (χ0v) is 11.3. The Bertz CT molecular complexity index is 433. The first-order chi connectivity index (χ1) is 9.45. The van der Waals surface area contributed by atoms with Crippen molar-refractivity contribution < 1.29 is 22.7 Å². The van der Waals surface area contributed by atoms with Crippen molar-refractivity contribution in [1.82, 2.24) is 0 Å². The summed E-state index contributed by atoms with van der Waals surface area (Å²) in [5, 5.41) is 2.79. The predicted octanol–water partition coefficient (Wildman–Crippen LogP) is 3.85. The smallest absolute Gasteiger partial charge is 0.418 e. The second-order valence-electron chi connectivity index (χ2n) is 4.36. The number of unbranched alkanes of at least 4 members (excludes halogenated alkanes) is 2. The summed E-state index contributed by atoms with van der Waals surface area (Å²) in [5.74, 6) is -0.264. The number of carbonyl (C=O) groups is 1. The molecule has 0 saturated carbocycles. The Balaban J connectivity index is 2.34. The Morgan fingerprint density at radius 3 is 2.55 bits per heavy atom. The van der Waals surface area contributed by atoms with Crippen LogP contribution in [0.2, 0.25) is 0 Å². The van der Waals surface area contributed by atoms with E-state index < -0.39 is 11.7 Å². The van der Waals surface area contributed by atoms with E-state index in [0.717, 1.165) is 12.5 Å². The minimum Gasteiger partial charge on any atom is -0.469 e. The molecule has 0 aliphatic rings. The fraction of sp³-hybridized carbons (Fsp3) is 0.500. The van der Waals surface area contributed by atoms with Crippen LogP contribution in [0.4, 0.5) is 18.9 Å². The number of ether oxygens (including phenoxy) is 1. The van der Waals surface area contributed by atoms with Crippen molar-refractivity contribution in [3.05, 3.63) is 29.8 Å². The highest BCUT2D eigenvalue weighted by Gasteiger charge is 2.32. The molecular formula is C14H18F3NO2. The van der Waals surface area contributed by atoms with Crippen LogP contribution in [-0.2, 0) is 15.7 Å². The third-order valence-electron chi connectivity index (χ3n) is 2.83. The molecule has 0 aliphatic carbocycles. The van der Waals surface area contributed by atoms with Gasteiger partial charge in [0, 0.05) is 18.7 Å². The average Bonchev–Trinajstić information content (AvgIpc) is 2.41. The molecule has 1 N–H and O–H groups in total. The molecule has 0 atom stereocenters. The van der Waals surface area contributed by atoms with Crippen molar-refractivity contribution in [2.24, 2.45) is 0 Å². The van der Waals surface area contributed by atoms with Crippen LogP contribution < -0.4 is 5.32 Å². The number of alkyl halides is 3. The molecule has 0 radical (unpaired) electrons. The molecule has 20 heavy (non-hydrogen) atoms. The van der Waals surface area contributed by atoms with Gasteiger partial charge < -0.3 is 10.1 Å². The Morgan fingerprint density at radius 2 is 1.90 bits per heavy atom. The van der Waals surface area contributed by atoms with Crippen LogP contribution in [0.3, 0.4) is 0 Å². The van der Waals surface area contributed by atoms with Gasteiger partial charge in [-0.15, -0.1) is 0 Å². The van der Waals surface area contributed by atoms with Crippen molar-refractivity contribution >= 4 is 11.7 Å². The van der Waals surface area contributed by atoms with Gasteiger partial charge in [0.25, 0.3) is 0 Å². The average molecular weight is 289 g/mol. The molecule has 0 spiro atoms. The van der Waals surface area contributed by atoms with E-state index in [1.165, 1.54) is 19.2 Å². The maximum absolute atomic E-state index is 12.7. The first-order valence-corrected chi connectivity index (χ1v) is 6.42. The SMILES string of the molecule is COC(=O)CCCCCNc1ccccc1C(F)(F)F. The second kappa shape index (κ2) is 7.77. The van der Waals surface area contributed by atoms with Gasteiger partial charge in [0.2, 0.25) is 0 Å². The number of methoxy groups -OCH3 is 1. The van der Waals surface area contributed by atoms with Crippen molar-refractivity contribution in [3.8, 4) is 0 Å². The van der Waals surface area contributed by atoms with Gasteiger partial charge in [0.15, 0.2) is 0 Å². The number of para-hydroxylation sites is 1. The molecule has 1 aromatic carbocycles. The Morgan fingerprint density at radius 1 is 1.20 bits per heavy atom. The minimum absolute atomic E-state index is 0.0907. The van der Waals surface area contributed by atoms with Gasteiger partial charge in [0.1, 0.15) is 0 Å². The zero-order valence-electron chi connectivity index (χ0n) is 11.3. The quantitative estimate of drug-likeness (QED) is 0.612. The summed E-state index contributed by atoms with van der Waals surface area (Å²) in [7, 11) is 1.33. The molecule has 0 amide bonds. The van der Waals surface area contributed by atoms with Gasteiger partial charge in [-0.05, 0) is 25.0 Å². The number of hydrogen-bond acceptors (Lipinski definition) is 3. The molecule has 0 bridgehead atoms. The van der Waals surface area contributed by atoms with E-state index >= 15 is 0 Å². The minimum atomic E-state index is -4.35. The van der Waals surface area contributed by atoms with E-state index in [1.54, 1.807) is 6.07 Å². The molecule has 0 heterocycles. The molecule has 6 heteroatoms. The molecule has 0 saturated heterocycles. The maximum atomic E-state index is 12.7. The summed E-state index contributed by atoms with van der Waals surface area (Å²) >= 11 is 0. The van der Waals surface area contributed by atoms with Crippen LogP contribution in [0.15, 0.2) is 24.3 Å². The van der Waals surface area contributed by atoms with Gasteiger partial charge in [-0.3, -0.25) is 4.79 Å². The molecule has 0 aromatic heterocycles. The van der Waals surface area contributed by atoms with Crippen molar-refractivity contribution in [2.45, 2.75) is 31.9 Å². The lowest BCUT2D eigenvalue weighted by Gasteiger charge is -2.14. The lowest BCUT2D eigenvalue weighted by molar-refractivity contribution is -0.140. The van der Waals surface area contributed by atoms with E-state index in [2.05, 4.69) is 10.1 Å². The van der Waals surface area contributed by atoms with E-state index in [0.29, 0.717) is 25.8 Å². The predicted molar refractivity (Wildman–Crippen MR) is 70.4 cm³/mol. The number of nitrogens with one attached hydrogen (secondary N) is 1. The Kier molecular flexibility index (Phi) is 6.35. The Hall–Kier alpha value is -1.72. The molecule has 1 rings (SSSR count). The molecule has 0 aliphatic heterocycles. The first-order valence-electron chi connectivity index (χ1n) is 6.42. The standard InChI is InChI=1S/C14H18F3NO2/c1-20-13(19)9-3-2-6-10-18-12-8-5-4-7-11(12)14(15,16)17/h4-5,7-8,18H,2-3,6,9-10H2,1H3. The molecule has 112 valence electrons. The maximum Gasteiger partial charge on any atom is 0.418 e. The van der Waals surface area contributed by atoms with Gasteiger partial charge in [-0.1, -0.05) is 18.6 Å². The molecule has 0 fully saturated rings. The summed E-state index contributed by atoms with van der Waals surface area (Å²) < 4.78 is 42.6. The lowest BCUT2D eigenvalue weighted by Crippen LogP contribution is -2.11. The number of hydrogen-bond donors (Lipinski definition) is 1. The zero-order chi connectivity index (χ0) is 15.0. The highest BCUT2D eigenvalue weighted by Crippen LogP contribution is 2.34. The molecular weight excluding hydrogens is 271 g/mol. The van der Waals surface area contributed by atoms with Crippen molar-refractivity contribution in [2.75, 3.05) is 19.0 Å². The van der Waals surface area contributed by atoms with Crippen LogP contribution in [-0.4, -0.2) is 19.6 Å². The van der Waals surface area contributed by atoms with E-state index in [4.69, 9.17) is 0 Å². The fourth-order valence-electron chi connectivity index (χ4n) is 1.78. The third-order valence-corrected chi connectivity index (χ3v) is 2.83.